The van der Waals surface area contributed by atoms with Crippen LogP contribution >= 0.6 is 0 Å². The van der Waals surface area contributed by atoms with Crippen LogP contribution in [0.1, 0.15) is 29.8 Å². The van der Waals surface area contributed by atoms with E-state index in [1.807, 2.05) is 0 Å². The highest BCUT2D eigenvalue weighted by molar-refractivity contribution is 5.94. The molecule has 0 amide bonds. The van der Waals surface area contributed by atoms with E-state index in [-0.39, 0.29) is 24.4 Å². The zero-order chi connectivity index (χ0) is 16.3. The molecule has 0 aliphatic rings. The van der Waals surface area contributed by atoms with E-state index < -0.39 is 17.4 Å². The molecule has 6 nitrogen and oxygen atoms in total. The molecule has 2 rings (SSSR count). The summed E-state index contributed by atoms with van der Waals surface area (Å²) in [5.41, 5.74) is 6.35. The van der Waals surface area contributed by atoms with E-state index in [0.29, 0.717) is 16.5 Å². The van der Waals surface area contributed by atoms with Crippen molar-refractivity contribution < 1.29 is 14.3 Å². The number of carbonyl (C=O) groups excluding carboxylic acids is 2. The third-order valence-corrected chi connectivity index (χ3v) is 3.33. The van der Waals surface area contributed by atoms with Crippen molar-refractivity contribution in [3.8, 4) is 0 Å². The predicted molar refractivity (Wildman–Crippen MR) is 82.9 cm³/mol. The largest absolute Gasteiger partial charge is 0.462 e. The average Bonchev–Trinajstić information content (AvgIpc) is 2.48. The molecule has 0 radical (unpaired) electrons. The Kier molecular flexibility index (Phi) is 4.72. The molecular weight excluding hydrogens is 284 g/mol. The fourth-order valence-electron chi connectivity index (χ4n) is 2.10. The Labute approximate surface area is 127 Å². The number of Topliss-reactive ketones (excluding diaryl/α,β-unsaturated/α-hetero) is 1. The van der Waals surface area contributed by atoms with Gasteiger partial charge in [0.05, 0.1) is 12.6 Å². The normalized spacial score (nSPS) is 12.1. The number of pyridine rings is 1. The van der Waals surface area contributed by atoms with Gasteiger partial charge in [0.15, 0.2) is 5.78 Å². The lowest BCUT2D eigenvalue weighted by Crippen LogP contribution is -2.28. The first-order valence-electron chi connectivity index (χ1n) is 7.03. The first kappa shape index (κ1) is 15.9. The summed E-state index contributed by atoms with van der Waals surface area (Å²) in [7, 11) is 0. The van der Waals surface area contributed by atoms with Gasteiger partial charge in [-0.15, -0.1) is 0 Å². The number of carbonyl (C=O) groups is 2. The number of ketones is 1. The summed E-state index contributed by atoms with van der Waals surface area (Å²) in [6.07, 6.45) is 1.49. The Morgan fingerprint density at radius 3 is 2.73 bits per heavy atom. The van der Waals surface area contributed by atoms with Crippen molar-refractivity contribution in [3.05, 3.63) is 45.7 Å². The predicted octanol–water partition coefficient (Wildman–Crippen LogP) is 1.16. The molecule has 0 aliphatic heterocycles. The van der Waals surface area contributed by atoms with Gasteiger partial charge in [-0.05, 0) is 31.5 Å². The van der Waals surface area contributed by atoms with Crippen molar-refractivity contribution in [2.45, 2.75) is 26.3 Å². The molecule has 1 aromatic carbocycles. The standard InChI is InChI=1S/C16H18N2O4/c1-3-22-16(21)12-8-18-13-5-4-10(6-11(13)15(12)20)7-14(19)9(2)17/h4-6,8-9H,3,7,17H2,1-2H3,(H,18,20)/t9-/m0/s1. The van der Waals surface area contributed by atoms with Gasteiger partial charge in [-0.25, -0.2) is 4.79 Å². The minimum Gasteiger partial charge on any atom is -0.462 e. The van der Waals surface area contributed by atoms with Crippen molar-refractivity contribution in [1.29, 1.82) is 0 Å². The highest BCUT2D eigenvalue weighted by Crippen LogP contribution is 2.13. The van der Waals surface area contributed by atoms with Crippen LogP contribution in [0.15, 0.2) is 29.2 Å². The summed E-state index contributed by atoms with van der Waals surface area (Å²) in [5.74, 6) is -0.778. The van der Waals surface area contributed by atoms with Gasteiger partial charge in [0.1, 0.15) is 5.56 Å². The summed E-state index contributed by atoms with van der Waals surface area (Å²) in [6, 6.07) is 4.51. The number of hydrogen-bond acceptors (Lipinski definition) is 5. The first-order chi connectivity index (χ1) is 10.4. The Balaban J connectivity index is 2.46. The van der Waals surface area contributed by atoms with Crippen LogP contribution in [0.3, 0.4) is 0 Å². The zero-order valence-electron chi connectivity index (χ0n) is 12.5. The van der Waals surface area contributed by atoms with E-state index in [4.69, 9.17) is 10.5 Å². The summed E-state index contributed by atoms with van der Waals surface area (Å²) >= 11 is 0. The van der Waals surface area contributed by atoms with Gasteiger partial charge in [0, 0.05) is 23.5 Å². The van der Waals surface area contributed by atoms with Crippen LogP contribution < -0.4 is 11.2 Å². The van der Waals surface area contributed by atoms with E-state index in [2.05, 4.69) is 4.98 Å². The second kappa shape index (κ2) is 6.53. The number of aromatic nitrogens is 1. The molecule has 6 heteroatoms. The van der Waals surface area contributed by atoms with Crippen molar-refractivity contribution >= 4 is 22.7 Å². The van der Waals surface area contributed by atoms with Crippen molar-refractivity contribution in [1.82, 2.24) is 4.98 Å². The smallest absolute Gasteiger partial charge is 0.343 e. The van der Waals surface area contributed by atoms with Gasteiger partial charge in [-0.3, -0.25) is 9.59 Å². The van der Waals surface area contributed by atoms with Crippen LogP contribution in [0.25, 0.3) is 10.9 Å². The lowest BCUT2D eigenvalue weighted by Gasteiger charge is -2.07. The van der Waals surface area contributed by atoms with Gasteiger partial charge in [-0.1, -0.05) is 6.07 Å². The number of nitrogens with two attached hydrogens (primary N) is 1. The summed E-state index contributed by atoms with van der Waals surface area (Å²) < 4.78 is 4.85. The lowest BCUT2D eigenvalue weighted by molar-refractivity contribution is -0.119. The van der Waals surface area contributed by atoms with E-state index >= 15 is 0 Å². The quantitative estimate of drug-likeness (QED) is 0.807. The topological polar surface area (TPSA) is 102 Å². The van der Waals surface area contributed by atoms with Gasteiger partial charge in [0.25, 0.3) is 0 Å². The maximum Gasteiger partial charge on any atom is 0.343 e. The molecule has 0 saturated carbocycles. The molecule has 116 valence electrons. The fourth-order valence-corrected chi connectivity index (χ4v) is 2.10. The average molecular weight is 302 g/mol. The second-order valence-electron chi connectivity index (χ2n) is 5.06. The summed E-state index contributed by atoms with van der Waals surface area (Å²) in [5, 5.41) is 0.348. The molecule has 2 aromatic rings. The number of nitrogens with one attached hydrogen (secondary N) is 1. The van der Waals surface area contributed by atoms with E-state index in [0.717, 1.165) is 0 Å². The number of benzene rings is 1. The van der Waals surface area contributed by atoms with Crippen molar-refractivity contribution in [2.75, 3.05) is 6.61 Å². The van der Waals surface area contributed by atoms with Crippen LogP contribution in [0.5, 0.6) is 0 Å². The maximum absolute atomic E-state index is 12.4. The molecule has 3 N–H and O–H groups in total. The highest BCUT2D eigenvalue weighted by atomic mass is 16.5. The first-order valence-corrected chi connectivity index (χ1v) is 7.03. The molecule has 1 heterocycles. The van der Waals surface area contributed by atoms with Gasteiger partial charge in [0.2, 0.25) is 5.43 Å². The number of rotatable bonds is 5. The minimum absolute atomic E-state index is 0.0509. The number of ether oxygens (including phenoxy) is 1. The van der Waals surface area contributed by atoms with Crippen LogP contribution in [0.2, 0.25) is 0 Å². The highest BCUT2D eigenvalue weighted by Gasteiger charge is 2.15. The van der Waals surface area contributed by atoms with Gasteiger partial charge in [-0.2, -0.15) is 0 Å². The molecule has 0 fully saturated rings. The SMILES string of the molecule is CCOC(=O)c1c[nH]c2ccc(CC(=O)[C@H](C)N)cc2c1=O. The van der Waals surface area contributed by atoms with Gasteiger partial charge >= 0.3 is 5.97 Å². The van der Waals surface area contributed by atoms with Crippen LogP contribution in [0, 0.1) is 0 Å². The minimum atomic E-state index is -0.664. The Morgan fingerprint density at radius 1 is 1.36 bits per heavy atom. The molecule has 0 unspecified atom stereocenters. The maximum atomic E-state index is 12.4. The Bertz CT molecular complexity index is 777. The number of esters is 1. The molecular formula is C16H18N2O4. The second-order valence-corrected chi connectivity index (χ2v) is 5.06. The third-order valence-electron chi connectivity index (χ3n) is 3.33. The number of aromatic amines is 1. The van der Waals surface area contributed by atoms with E-state index in [1.54, 1.807) is 32.0 Å². The van der Waals surface area contributed by atoms with Crippen LogP contribution in [-0.2, 0) is 16.0 Å². The van der Waals surface area contributed by atoms with E-state index in [1.165, 1.54) is 6.20 Å². The van der Waals surface area contributed by atoms with Crippen LogP contribution in [-0.4, -0.2) is 29.4 Å². The summed E-state index contributed by atoms with van der Waals surface area (Å²) in [6.45, 7) is 3.49. The number of fused-ring (bicyclic) bond motifs is 1. The third kappa shape index (κ3) is 3.23. The van der Waals surface area contributed by atoms with Crippen molar-refractivity contribution in [2.24, 2.45) is 5.73 Å². The molecule has 1 aromatic heterocycles. The summed E-state index contributed by atoms with van der Waals surface area (Å²) in [4.78, 5) is 38.7. The molecule has 0 aliphatic carbocycles. The number of H-pyrrole nitrogens is 1. The van der Waals surface area contributed by atoms with E-state index in [9.17, 15) is 14.4 Å². The fraction of sp³-hybridized carbons (Fsp3) is 0.312. The lowest BCUT2D eigenvalue weighted by atomic mass is 10.0. The molecule has 0 saturated heterocycles. The monoisotopic (exact) mass is 302 g/mol. The van der Waals surface area contributed by atoms with Crippen molar-refractivity contribution in [3.63, 3.8) is 0 Å². The number of hydrogen-bond donors (Lipinski definition) is 2. The molecule has 0 spiro atoms. The van der Waals surface area contributed by atoms with Crippen LogP contribution in [0.4, 0.5) is 0 Å². The molecule has 22 heavy (non-hydrogen) atoms. The zero-order valence-corrected chi connectivity index (χ0v) is 12.5. The Morgan fingerprint density at radius 2 is 2.09 bits per heavy atom. The molecule has 0 bridgehead atoms. The van der Waals surface area contributed by atoms with Gasteiger partial charge < -0.3 is 15.5 Å². The Hall–Kier alpha value is -2.47. The molecule has 1 atom stereocenters.